The quantitative estimate of drug-likeness (QED) is 0.548. The van der Waals surface area contributed by atoms with E-state index in [1.165, 1.54) is 0 Å². The Hall–Kier alpha value is -3.21. The summed E-state index contributed by atoms with van der Waals surface area (Å²) in [5, 5.41) is 5.33. The van der Waals surface area contributed by atoms with Crippen molar-refractivity contribution in [2.75, 3.05) is 11.4 Å². The van der Waals surface area contributed by atoms with Crippen molar-refractivity contribution in [2.45, 2.75) is 13.5 Å². The molecule has 0 amide bonds. The Labute approximate surface area is 152 Å². The third kappa shape index (κ3) is 3.16. The first-order chi connectivity index (χ1) is 12.7. The predicted octanol–water partition coefficient (Wildman–Crippen LogP) is 4.06. The highest BCUT2D eigenvalue weighted by molar-refractivity contribution is 5.93. The molecule has 5 heteroatoms. The van der Waals surface area contributed by atoms with Gasteiger partial charge in [0.15, 0.2) is 0 Å². The van der Waals surface area contributed by atoms with Crippen LogP contribution < -0.4 is 4.90 Å². The number of hydrogen-bond donors (Lipinski definition) is 0. The maximum absolute atomic E-state index is 4.93. The monoisotopic (exact) mass is 343 g/mol. The van der Waals surface area contributed by atoms with Gasteiger partial charge in [0.05, 0.1) is 17.4 Å². The van der Waals surface area contributed by atoms with Gasteiger partial charge in [0.1, 0.15) is 0 Å². The molecule has 0 spiro atoms. The number of para-hydroxylation sites is 1. The van der Waals surface area contributed by atoms with Crippen LogP contribution in [0, 0.1) is 0 Å². The minimum Gasteiger partial charge on any atom is -0.337 e. The zero-order valence-electron chi connectivity index (χ0n) is 15.0. The number of aryl methyl sites for hydroxylation is 1. The van der Waals surface area contributed by atoms with E-state index in [1.807, 2.05) is 60.5 Å². The first-order valence-electron chi connectivity index (χ1n) is 8.79. The van der Waals surface area contributed by atoms with Crippen LogP contribution in [0.5, 0.6) is 0 Å². The zero-order chi connectivity index (χ0) is 17.9. The van der Waals surface area contributed by atoms with Crippen LogP contribution in [0.25, 0.3) is 22.2 Å². The van der Waals surface area contributed by atoms with Crippen molar-refractivity contribution in [1.29, 1.82) is 0 Å². The highest BCUT2D eigenvalue weighted by Crippen LogP contribution is 2.28. The van der Waals surface area contributed by atoms with E-state index in [1.54, 1.807) is 0 Å². The molecule has 26 heavy (non-hydrogen) atoms. The molecule has 0 atom stereocenters. The summed E-state index contributed by atoms with van der Waals surface area (Å²) >= 11 is 0. The molecular weight excluding hydrogens is 322 g/mol. The fourth-order valence-corrected chi connectivity index (χ4v) is 3.12. The van der Waals surface area contributed by atoms with Gasteiger partial charge in [-0.25, -0.2) is 9.97 Å². The second-order valence-electron chi connectivity index (χ2n) is 6.29. The fourth-order valence-electron chi connectivity index (χ4n) is 3.12. The molecule has 4 rings (SSSR count). The summed E-state index contributed by atoms with van der Waals surface area (Å²) < 4.78 is 1.82. The van der Waals surface area contributed by atoms with Crippen LogP contribution in [0.15, 0.2) is 67.0 Å². The van der Waals surface area contributed by atoms with Crippen molar-refractivity contribution < 1.29 is 0 Å². The molecule has 5 nitrogen and oxygen atoms in total. The highest BCUT2D eigenvalue weighted by Gasteiger charge is 2.14. The summed E-state index contributed by atoms with van der Waals surface area (Å²) in [6.07, 6.45) is 3.92. The number of aromatic nitrogens is 4. The smallest absolute Gasteiger partial charge is 0.226 e. The van der Waals surface area contributed by atoms with Crippen LogP contribution in [0.1, 0.15) is 12.5 Å². The van der Waals surface area contributed by atoms with Gasteiger partial charge in [0.25, 0.3) is 0 Å². The summed E-state index contributed by atoms with van der Waals surface area (Å²) in [7, 11) is 1.93. The fraction of sp³-hybridized carbons (Fsp3) is 0.190. The lowest BCUT2D eigenvalue weighted by Gasteiger charge is -2.21. The second kappa shape index (κ2) is 6.96. The largest absolute Gasteiger partial charge is 0.337 e. The molecule has 0 fully saturated rings. The molecule has 0 saturated carbocycles. The van der Waals surface area contributed by atoms with Crippen LogP contribution in [-0.4, -0.2) is 26.3 Å². The van der Waals surface area contributed by atoms with E-state index >= 15 is 0 Å². The minimum atomic E-state index is 0.733. The number of nitrogens with zero attached hydrogens (tertiary/aromatic N) is 5. The Balaban J connectivity index is 1.82. The SMILES string of the molecule is CCN(Cc1cnn(C)c1)c1nc(-c2ccccc2)c2ccccc2n1. The Kier molecular flexibility index (Phi) is 4.35. The van der Waals surface area contributed by atoms with Gasteiger partial charge in [0.2, 0.25) is 5.95 Å². The lowest BCUT2D eigenvalue weighted by Crippen LogP contribution is -2.24. The molecule has 2 aromatic heterocycles. The van der Waals surface area contributed by atoms with Gasteiger partial charge in [-0.15, -0.1) is 0 Å². The van der Waals surface area contributed by atoms with E-state index in [0.29, 0.717) is 0 Å². The van der Waals surface area contributed by atoms with Gasteiger partial charge in [-0.2, -0.15) is 5.10 Å². The Morgan fingerprint density at radius 2 is 1.73 bits per heavy atom. The molecule has 4 aromatic rings. The molecule has 0 aliphatic heterocycles. The third-order valence-electron chi connectivity index (χ3n) is 4.44. The van der Waals surface area contributed by atoms with Crippen LogP contribution in [0.3, 0.4) is 0 Å². The summed E-state index contributed by atoms with van der Waals surface area (Å²) in [5.74, 6) is 0.744. The van der Waals surface area contributed by atoms with Gasteiger partial charge in [-0.3, -0.25) is 4.68 Å². The Morgan fingerprint density at radius 1 is 0.962 bits per heavy atom. The van der Waals surface area contributed by atoms with Crippen molar-refractivity contribution >= 4 is 16.9 Å². The summed E-state index contributed by atoms with van der Waals surface area (Å²) in [6.45, 7) is 3.68. The molecule has 0 saturated heterocycles. The number of anilines is 1. The maximum Gasteiger partial charge on any atom is 0.226 e. The van der Waals surface area contributed by atoms with Gasteiger partial charge in [-0.1, -0.05) is 48.5 Å². The molecule has 0 N–H and O–H groups in total. The Morgan fingerprint density at radius 3 is 2.46 bits per heavy atom. The van der Waals surface area contributed by atoms with Gasteiger partial charge >= 0.3 is 0 Å². The van der Waals surface area contributed by atoms with Crippen molar-refractivity contribution in [3.63, 3.8) is 0 Å². The van der Waals surface area contributed by atoms with E-state index in [4.69, 9.17) is 9.97 Å². The summed E-state index contributed by atoms with van der Waals surface area (Å²) in [6, 6.07) is 18.5. The molecule has 130 valence electrons. The molecular formula is C21H21N5. The third-order valence-corrected chi connectivity index (χ3v) is 4.44. The first kappa shape index (κ1) is 16.3. The minimum absolute atomic E-state index is 0.733. The zero-order valence-corrected chi connectivity index (χ0v) is 15.0. The van der Waals surface area contributed by atoms with Crippen molar-refractivity contribution in [3.05, 3.63) is 72.6 Å². The number of rotatable bonds is 5. The summed E-state index contributed by atoms with van der Waals surface area (Å²) in [5.41, 5.74) is 4.17. The number of hydrogen-bond acceptors (Lipinski definition) is 4. The molecule has 0 aliphatic rings. The van der Waals surface area contributed by atoms with Gasteiger partial charge in [0, 0.05) is 42.8 Å². The normalized spacial score (nSPS) is 11.0. The predicted molar refractivity (Wildman–Crippen MR) is 105 cm³/mol. The average Bonchev–Trinajstić information content (AvgIpc) is 3.10. The standard InChI is InChI=1S/C21H21N5/c1-3-26(15-16-13-22-25(2)14-16)21-23-19-12-8-7-11-18(19)20(24-21)17-9-5-4-6-10-17/h4-14H,3,15H2,1-2H3. The lowest BCUT2D eigenvalue weighted by molar-refractivity contribution is 0.763. The number of benzene rings is 2. The molecule has 0 radical (unpaired) electrons. The van der Waals surface area contributed by atoms with Crippen molar-refractivity contribution in [3.8, 4) is 11.3 Å². The van der Waals surface area contributed by atoms with Crippen LogP contribution in [-0.2, 0) is 13.6 Å². The molecule has 0 aliphatic carbocycles. The molecule has 0 bridgehead atoms. The van der Waals surface area contributed by atoms with E-state index in [2.05, 4.69) is 35.1 Å². The lowest BCUT2D eigenvalue weighted by atomic mass is 10.1. The first-order valence-corrected chi connectivity index (χ1v) is 8.79. The second-order valence-corrected chi connectivity index (χ2v) is 6.29. The summed E-state index contributed by atoms with van der Waals surface area (Å²) in [4.78, 5) is 11.9. The molecule has 2 aromatic carbocycles. The van der Waals surface area contributed by atoms with Crippen LogP contribution >= 0.6 is 0 Å². The average molecular weight is 343 g/mol. The molecule has 2 heterocycles. The van der Waals surface area contributed by atoms with E-state index in [9.17, 15) is 0 Å². The maximum atomic E-state index is 4.93. The van der Waals surface area contributed by atoms with Crippen molar-refractivity contribution in [2.24, 2.45) is 7.05 Å². The van der Waals surface area contributed by atoms with E-state index in [0.717, 1.165) is 46.8 Å². The number of fused-ring (bicyclic) bond motifs is 1. The van der Waals surface area contributed by atoms with Crippen LogP contribution in [0.2, 0.25) is 0 Å². The van der Waals surface area contributed by atoms with Gasteiger partial charge in [-0.05, 0) is 13.0 Å². The Bertz CT molecular complexity index is 1020. The van der Waals surface area contributed by atoms with Gasteiger partial charge < -0.3 is 4.90 Å². The van der Waals surface area contributed by atoms with E-state index in [-0.39, 0.29) is 0 Å². The van der Waals surface area contributed by atoms with Crippen molar-refractivity contribution in [1.82, 2.24) is 19.7 Å². The topological polar surface area (TPSA) is 46.8 Å². The molecule has 0 unspecified atom stereocenters. The van der Waals surface area contributed by atoms with E-state index < -0.39 is 0 Å². The van der Waals surface area contributed by atoms with Crippen LogP contribution in [0.4, 0.5) is 5.95 Å². The highest BCUT2D eigenvalue weighted by atomic mass is 15.3.